The third-order valence-corrected chi connectivity index (χ3v) is 5.85. The van der Waals surface area contributed by atoms with Crippen molar-refractivity contribution >= 4 is 0 Å². The average molecular weight is 308 g/mol. The lowest BCUT2D eigenvalue weighted by atomic mass is 9.70. The van der Waals surface area contributed by atoms with E-state index in [4.69, 9.17) is 0 Å². The SMILES string of the molecule is CNCCC(C)CCCC(C)CCC1=C(C)CCCC1(C)C. The summed E-state index contributed by atoms with van der Waals surface area (Å²) in [5.74, 6) is 1.76. The number of hydrogen-bond donors (Lipinski definition) is 1. The van der Waals surface area contributed by atoms with Crippen LogP contribution in [-0.4, -0.2) is 13.6 Å². The van der Waals surface area contributed by atoms with Crippen molar-refractivity contribution in [2.45, 2.75) is 92.4 Å². The van der Waals surface area contributed by atoms with E-state index < -0.39 is 0 Å². The Morgan fingerprint density at radius 2 is 1.68 bits per heavy atom. The van der Waals surface area contributed by atoms with Crippen molar-refractivity contribution in [2.75, 3.05) is 13.6 Å². The predicted octanol–water partition coefficient (Wildman–Crippen LogP) is 6.35. The summed E-state index contributed by atoms with van der Waals surface area (Å²) < 4.78 is 0. The molecule has 1 heteroatoms. The van der Waals surface area contributed by atoms with Crippen molar-refractivity contribution in [3.8, 4) is 0 Å². The van der Waals surface area contributed by atoms with Gasteiger partial charge in [-0.1, -0.05) is 58.1 Å². The standard InChI is InChI=1S/C21H41N/c1-17(9-7-10-18(2)14-16-22-6)12-13-20-19(3)11-8-15-21(20,4)5/h17-18,22H,7-16H2,1-6H3. The van der Waals surface area contributed by atoms with E-state index in [9.17, 15) is 0 Å². The number of rotatable bonds is 10. The first-order valence-corrected chi connectivity index (χ1v) is 9.70. The monoisotopic (exact) mass is 307 g/mol. The van der Waals surface area contributed by atoms with Crippen molar-refractivity contribution in [3.05, 3.63) is 11.1 Å². The highest BCUT2D eigenvalue weighted by Gasteiger charge is 2.27. The molecule has 0 spiro atoms. The van der Waals surface area contributed by atoms with Gasteiger partial charge in [-0.25, -0.2) is 0 Å². The van der Waals surface area contributed by atoms with Crippen LogP contribution in [0.4, 0.5) is 0 Å². The van der Waals surface area contributed by atoms with Crippen LogP contribution in [0.1, 0.15) is 92.4 Å². The van der Waals surface area contributed by atoms with Crippen LogP contribution < -0.4 is 5.32 Å². The van der Waals surface area contributed by atoms with Crippen molar-refractivity contribution in [3.63, 3.8) is 0 Å². The Morgan fingerprint density at radius 3 is 2.27 bits per heavy atom. The minimum Gasteiger partial charge on any atom is -0.320 e. The summed E-state index contributed by atoms with van der Waals surface area (Å²) >= 11 is 0. The molecule has 0 aromatic rings. The molecule has 22 heavy (non-hydrogen) atoms. The van der Waals surface area contributed by atoms with Gasteiger partial charge in [0.15, 0.2) is 0 Å². The molecule has 0 radical (unpaired) electrons. The fourth-order valence-electron chi connectivity index (χ4n) is 4.11. The number of hydrogen-bond acceptors (Lipinski definition) is 1. The average Bonchev–Trinajstić information content (AvgIpc) is 2.43. The van der Waals surface area contributed by atoms with Gasteiger partial charge in [0, 0.05) is 0 Å². The molecule has 0 aliphatic heterocycles. The second-order valence-electron chi connectivity index (χ2n) is 8.57. The molecule has 0 fully saturated rings. The highest BCUT2D eigenvalue weighted by Crippen LogP contribution is 2.42. The van der Waals surface area contributed by atoms with E-state index in [0.29, 0.717) is 5.41 Å². The van der Waals surface area contributed by atoms with E-state index >= 15 is 0 Å². The summed E-state index contributed by atoms with van der Waals surface area (Å²) in [4.78, 5) is 0. The molecule has 0 aromatic heterocycles. The van der Waals surface area contributed by atoms with Crippen molar-refractivity contribution in [1.29, 1.82) is 0 Å². The van der Waals surface area contributed by atoms with E-state index in [0.717, 1.165) is 11.8 Å². The lowest BCUT2D eigenvalue weighted by Crippen LogP contribution is -2.20. The summed E-state index contributed by atoms with van der Waals surface area (Å²) in [5, 5.41) is 3.26. The Morgan fingerprint density at radius 1 is 1.05 bits per heavy atom. The molecule has 130 valence electrons. The van der Waals surface area contributed by atoms with Crippen LogP contribution in [0.5, 0.6) is 0 Å². The van der Waals surface area contributed by atoms with Gasteiger partial charge < -0.3 is 5.32 Å². The molecule has 0 heterocycles. The maximum Gasteiger partial charge on any atom is -0.00494 e. The van der Waals surface area contributed by atoms with Crippen molar-refractivity contribution in [2.24, 2.45) is 17.3 Å². The quantitative estimate of drug-likeness (QED) is 0.464. The van der Waals surface area contributed by atoms with E-state index in [1.54, 1.807) is 11.1 Å². The van der Waals surface area contributed by atoms with Gasteiger partial charge >= 0.3 is 0 Å². The van der Waals surface area contributed by atoms with Gasteiger partial charge in [-0.3, -0.25) is 0 Å². The molecule has 1 N–H and O–H groups in total. The zero-order valence-electron chi connectivity index (χ0n) is 16.2. The fraction of sp³-hybridized carbons (Fsp3) is 0.905. The second-order valence-corrected chi connectivity index (χ2v) is 8.57. The molecule has 2 atom stereocenters. The summed E-state index contributed by atoms with van der Waals surface area (Å²) in [7, 11) is 2.05. The minimum atomic E-state index is 0.462. The molecule has 2 unspecified atom stereocenters. The first kappa shape index (κ1) is 19.7. The Labute approximate surface area is 140 Å². The van der Waals surface area contributed by atoms with Gasteiger partial charge in [-0.05, 0) is 76.3 Å². The molecule has 0 aromatic carbocycles. The van der Waals surface area contributed by atoms with Crippen molar-refractivity contribution < 1.29 is 0 Å². The molecule has 0 saturated carbocycles. The van der Waals surface area contributed by atoms with Gasteiger partial charge in [-0.2, -0.15) is 0 Å². The predicted molar refractivity (Wildman–Crippen MR) is 100 cm³/mol. The highest BCUT2D eigenvalue weighted by molar-refractivity contribution is 5.22. The smallest absolute Gasteiger partial charge is 0.00494 e. The summed E-state index contributed by atoms with van der Waals surface area (Å²) in [6, 6.07) is 0. The van der Waals surface area contributed by atoms with E-state index in [2.05, 4.69) is 47.0 Å². The zero-order valence-corrected chi connectivity index (χ0v) is 16.2. The molecule has 0 saturated heterocycles. The largest absolute Gasteiger partial charge is 0.320 e. The van der Waals surface area contributed by atoms with Crippen LogP contribution in [0.3, 0.4) is 0 Å². The lowest BCUT2D eigenvalue weighted by molar-refractivity contribution is 0.338. The summed E-state index contributed by atoms with van der Waals surface area (Å²) in [5.41, 5.74) is 3.95. The Bertz CT molecular complexity index is 340. The van der Waals surface area contributed by atoms with Crippen LogP contribution in [0.15, 0.2) is 11.1 Å². The van der Waals surface area contributed by atoms with E-state index in [1.807, 2.05) is 0 Å². The Kier molecular flexibility index (Phi) is 8.75. The van der Waals surface area contributed by atoms with Gasteiger partial charge in [0.05, 0.1) is 0 Å². The third kappa shape index (κ3) is 6.86. The van der Waals surface area contributed by atoms with E-state index in [1.165, 1.54) is 64.3 Å². The summed E-state index contributed by atoms with van der Waals surface area (Å²) in [6.45, 7) is 13.3. The third-order valence-electron chi connectivity index (χ3n) is 5.85. The van der Waals surface area contributed by atoms with Gasteiger partial charge in [-0.15, -0.1) is 0 Å². The molecular weight excluding hydrogens is 266 g/mol. The minimum absolute atomic E-state index is 0.462. The Balaban J connectivity index is 2.27. The van der Waals surface area contributed by atoms with Crippen LogP contribution in [-0.2, 0) is 0 Å². The first-order valence-electron chi connectivity index (χ1n) is 9.70. The maximum absolute atomic E-state index is 3.26. The fourth-order valence-corrected chi connectivity index (χ4v) is 4.11. The molecular formula is C21H41N. The van der Waals surface area contributed by atoms with Crippen LogP contribution in [0.25, 0.3) is 0 Å². The first-order chi connectivity index (χ1) is 10.4. The molecule has 1 aliphatic carbocycles. The van der Waals surface area contributed by atoms with Crippen LogP contribution in [0, 0.1) is 17.3 Å². The Hall–Kier alpha value is -0.300. The maximum atomic E-state index is 3.26. The second kappa shape index (κ2) is 9.75. The van der Waals surface area contributed by atoms with Crippen LogP contribution >= 0.6 is 0 Å². The van der Waals surface area contributed by atoms with Gasteiger partial charge in [0.2, 0.25) is 0 Å². The number of allylic oxidation sites excluding steroid dienone is 2. The van der Waals surface area contributed by atoms with Gasteiger partial charge in [0.25, 0.3) is 0 Å². The van der Waals surface area contributed by atoms with Crippen molar-refractivity contribution in [1.82, 2.24) is 5.32 Å². The van der Waals surface area contributed by atoms with Crippen LogP contribution in [0.2, 0.25) is 0 Å². The number of nitrogens with one attached hydrogen (secondary N) is 1. The normalized spacial score (nSPS) is 21.0. The topological polar surface area (TPSA) is 12.0 Å². The zero-order chi connectivity index (χ0) is 16.6. The van der Waals surface area contributed by atoms with Gasteiger partial charge in [0.1, 0.15) is 0 Å². The summed E-state index contributed by atoms with van der Waals surface area (Å²) in [6.07, 6.45) is 12.4. The molecule has 0 amide bonds. The molecule has 1 rings (SSSR count). The lowest BCUT2D eigenvalue weighted by Gasteiger charge is -2.35. The molecule has 0 bridgehead atoms. The molecule has 1 aliphatic rings. The highest BCUT2D eigenvalue weighted by atomic mass is 14.8. The van der Waals surface area contributed by atoms with E-state index in [-0.39, 0.29) is 0 Å². The molecule has 1 nitrogen and oxygen atoms in total.